The molecule has 1 amide bonds. The molecule has 112 valence electrons. The summed E-state index contributed by atoms with van der Waals surface area (Å²) in [6, 6.07) is 11.4. The van der Waals surface area contributed by atoms with E-state index in [4.69, 9.17) is 17.0 Å². The van der Waals surface area contributed by atoms with E-state index < -0.39 is 0 Å². The van der Waals surface area contributed by atoms with E-state index in [9.17, 15) is 4.79 Å². The summed E-state index contributed by atoms with van der Waals surface area (Å²) in [4.78, 5) is 15.9. The number of hydrogen-bond acceptors (Lipinski definition) is 5. The van der Waals surface area contributed by atoms with Crippen molar-refractivity contribution in [2.24, 2.45) is 0 Å². The van der Waals surface area contributed by atoms with Crippen molar-refractivity contribution < 1.29 is 9.53 Å². The quantitative estimate of drug-likeness (QED) is 0.599. The number of thioether (sulfide) groups is 1. The number of thiophene rings is 1. The molecule has 1 fully saturated rings. The molecule has 0 spiro atoms. The Morgan fingerprint density at radius 3 is 2.82 bits per heavy atom. The molecule has 1 aromatic carbocycles. The lowest BCUT2D eigenvalue weighted by atomic mass is 10.2. The number of hydrogen-bond donors (Lipinski definition) is 0. The summed E-state index contributed by atoms with van der Waals surface area (Å²) in [5.74, 6) is 0.564. The van der Waals surface area contributed by atoms with Crippen LogP contribution in [0.5, 0.6) is 5.75 Å². The van der Waals surface area contributed by atoms with Gasteiger partial charge in [-0.1, -0.05) is 42.2 Å². The van der Waals surface area contributed by atoms with Crippen molar-refractivity contribution >= 4 is 57.3 Å². The number of rotatable bonds is 4. The summed E-state index contributed by atoms with van der Waals surface area (Å²) < 4.78 is 6.13. The van der Waals surface area contributed by atoms with Crippen LogP contribution in [0, 0.1) is 0 Å². The van der Waals surface area contributed by atoms with E-state index in [-0.39, 0.29) is 5.91 Å². The molecule has 2 heterocycles. The summed E-state index contributed by atoms with van der Waals surface area (Å²) >= 11 is 8.31. The number of carbonyl (C=O) groups is 1. The molecule has 3 rings (SSSR count). The van der Waals surface area contributed by atoms with E-state index in [1.165, 1.54) is 11.8 Å². The Bertz CT molecular complexity index is 738. The number of para-hydroxylation sites is 2. The summed E-state index contributed by atoms with van der Waals surface area (Å²) in [6.45, 7) is 2.45. The molecule has 0 radical (unpaired) electrons. The summed E-state index contributed by atoms with van der Waals surface area (Å²) in [5, 5.41) is 1.98. The molecule has 0 aliphatic carbocycles. The molecule has 6 heteroatoms. The zero-order chi connectivity index (χ0) is 15.5. The van der Waals surface area contributed by atoms with Gasteiger partial charge in [0.2, 0.25) is 0 Å². The van der Waals surface area contributed by atoms with Gasteiger partial charge in [-0.15, -0.1) is 11.3 Å². The number of ether oxygens (including phenoxy) is 1. The predicted octanol–water partition coefficient (Wildman–Crippen LogP) is 4.55. The molecule has 0 saturated carbocycles. The van der Waals surface area contributed by atoms with Crippen LogP contribution in [-0.4, -0.2) is 16.8 Å². The highest BCUT2D eigenvalue weighted by Crippen LogP contribution is 2.40. The van der Waals surface area contributed by atoms with Crippen molar-refractivity contribution in [2.75, 3.05) is 11.5 Å². The average Bonchev–Trinajstić information content (AvgIpc) is 3.10. The van der Waals surface area contributed by atoms with Crippen LogP contribution in [-0.2, 0) is 4.79 Å². The van der Waals surface area contributed by atoms with Crippen LogP contribution in [0.4, 0.5) is 5.69 Å². The van der Waals surface area contributed by atoms with Crippen LogP contribution in [0.25, 0.3) is 6.08 Å². The first-order valence-corrected chi connectivity index (χ1v) is 8.84. The van der Waals surface area contributed by atoms with Gasteiger partial charge in [-0.2, -0.15) is 0 Å². The van der Waals surface area contributed by atoms with Crippen molar-refractivity contribution in [1.82, 2.24) is 0 Å². The standard InChI is InChI=1S/C16H13NO2S3/c1-2-19-13-8-4-3-7-12(13)17-15(18)14(22-16(17)20)10-11-6-5-9-21-11/h3-10H,2H2,1H3/b14-10+. The second-order valence-electron chi connectivity index (χ2n) is 4.43. The molecule has 1 saturated heterocycles. The van der Waals surface area contributed by atoms with Crippen molar-refractivity contribution in [2.45, 2.75) is 6.92 Å². The first-order valence-electron chi connectivity index (χ1n) is 6.74. The smallest absolute Gasteiger partial charge is 0.270 e. The first-order chi connectivity index (χ1) is 10.7. The number of amides is 1. The van der Waals surface area contributed by atoms with Gasteiger partial charge in [0, 0.05) is 4.88 Å². The summed E-state index contributed by atoms with van der Waals surface area (Å²) in [7, 11) is 0. The van der Waals surface area contributed by atoms with Crippen LogP contribution >= 0.6 is 35.3 Å². The number of benzene rings is 1. The molecule has 0 atom stereocenters. The minimum Gasteiger partial charge on any atom is -0.492 e. The van der Waals surface area contributed by atoms with Gasteiger partial charge in [0.1, 0.15) is 5.75 Å². The maximum Gasteiger partial charge on any atom is 0.270 e. The molecule has 0 bridgehead atoms. The summed E-state index contributed by atoms with van der Waals surface area (Å²) in [6.07, 6.45) is 1.88. The highest BCUT2D eigenvalue weighted by molar-refractivity contribution is 8.27. The van der Waals surface area contributed by atoms with Crippen molar-refractivity contribution in [1.29, 1.82) is 0 Å². The second kappa shape index (κ2) is 6.64. The van der Waals surface area contributed by atoms with E-state index in [1.54, 1.807) is 16.2 Å². The molecular formula is C16H13NO2S3. The van der Waals surface area contributed by atoms with Gasteiger partial charge in [0.05, 0.1) is 17.2 Å². The molecular weight excluding hydrogens is 334 g/mol. The van der Waals surface area contributed by atoms with Gasteiger partial charge in [-0.25, -0.2) is 0 Å². The van der Waals surface area contributed by atoms with Crippen LogP contribution in [0.3, 0.4) is 0 Å². The monoisotopic (exact) mass is 347 g/mol. The van der Waals surface area contributed by atoms with E-state index in [2.05, 4.69) is 0 Å². The van der Waals surface area contributed by atoms with Crippen LogP contribution in [0.15, 0.2) is 46.7 Å². The Balaban J connectivity index is 1.96. The van der Waals surface area contributed by atoms with Crippen molar-refractivity contribution in [3.63, 3.8) is 0 Å². The summed E-state index contributed by atoms with van der Waals surface area (Å²) in [5.41, 5.74) is 0.696. The van der Waals surface area contributed by atoms with E-state index >= 15 is 0 Å². The third kappa shape index (κ3) is 2.95. The van der Waals surface area contributed by atoms with Gasteiger partial charge in [0.15, 0.2) is 4.32 Å². The molecule has 0 unspecified atom stereocenters. The van der Waals surface area contributed by atoms with Crippen molar-refractivity contribution in [3.05, 3.63) is 51.6 Å². The predicted molar refractivity (Wildman–Crippen MR) is 97.6 cm³/mol. The van der Waals surface area contributed by atoms with Gasteiger partial charge in [-0.05, 0) is 36.6 Å². The fraction of sp³-hybridized carbons (Fsp3) is 0.125. The van der Waals surface area contributed by atoms with E-state index in [1.807, 2.05) is 54.8 Å². The number of anilines is 1. The Kier molecular flexibility index (Phi) is 4.61. The third-order valence-corrected chi connectivity index (χ3v) is 5.14. The fourth-order valence-electron chi connectivity index (χ4n) is 2.10. The topological polar surface area (TPSA) is 29.5 Å². The molecule has 3 nitrogen and oxygen atoms in total. The van der Waals surface area contributed by atoms with Crippen LogP contribution < -0.4 is 9.64 Å². The van der Waals surface area contributed by atoms with Crippen LogP contribution in [0.2, 0.25) is 0 Å². The SMILES string of the molecule is CCOc1ccccc1N1C(=O)/C(=C\c2cccs2)SC1=S. The van der Waals surface area contributed by atoms with Gasteiger partial charge in [0.25, 0.3) is 5.91 Å². The maximum atomic E-state index is 12.7. The molecule has 2 aromatic rings. The zero-order valence-electron chi connectivity index (χ0n) is 11.8. The zero-order valence-corrected chi connectivity index (χ0v) is 14.3. The molecule has 1 aromatic heterocycles. The normalized spacial score (nSPS) is 16.6. The van der Waals surface area contributed by atoms with E-state index in [0.29, 0.717) is 27.3 Å². The minimum absolute atomic E-state index is 0.101. The maximum absolute atomic E-state index is 12.7. The number of thiocarbonyl (C=S) groups is 1. The second-order valence-corrected chi connectivity index (χ2v) is 7.09. The molecule has 22 heavy (non-hydrogen) atoms. The Morgan fingerprint density at radius 1 is 1.27 bits per heavy atom. The average molecular weight is 347 g/mol. The third-order valence-electron chi connectivity index (χ3n) is 3.02. The largest absolute Gasteiger partial charge is 0.492 e. The lowest BCUT2D eigenvalue weighted by Gasteiger charge is -2.18. The molecule has 0 N–H and O–H groups in total. The first kappa shape index (κ1) is 15.3. The minimum atomic E-state index is -0.101. The van der Waals surface area contributed by atoms with Crippen molar-refractivity contribution in [3.8, 4) is 5.75 Å². The lowest BCUT2D eigenvalue weighted by Crippen LogP contribution is -2.28. The number of nitrogens with zero attached hydrogens (tertiary/aromatic N) is 1. The highest BCUT2D eigenvalue weighted by atomic mass is 32.2. The Morgan fingerprint density at radius 2 is 2.09 bits per heavy atom. The van der Waals surface area contributed by atoms with Gasteiger partial charge >= 0.3 is 0 Å². The van der Waals surface area contributed by atoms with Gasteiger partial charge in [-0.3, -0.25) is 9.69 Å². The Labute approximate surface area is 142 Å². The Hall–Kier alpha value is -1.63. The highest BCUT2D eigenvalue weighted by Gasteiger charge is 2.34. The van der Waals surface area contributed by atoms with Gasteiger partial charge < -0.3 is 4.74 Å². The van der Waals surface area contributed by atoms with Crippen LogP contribution in [0.1, 0.15) is 11.8 Å². The lowest BCUT2D eigenvalue weighted by molar-refractivity contribution is -0.113. The molecule has 1 aliphatic heterocycles. The van der Waals surface area contributed by atoms with E-state index in [0.717, 1.165) is 4.88 Å². The number of carbonyl (C=O) groups excluding carboxylic acids is 1. The molecule has 1 aliphatic rings. The fourth-order valence-corrected chi connectivity index (χ4v) is 4.11.